The molecule has 1 saturated carbocycles. The summed E-state index contributed by atoms with van der Waals surface area (Å²) in [6.07, 6.45) is 7.16. The summed E-state index contributed by atoms with van der Waals surface area (Å²) in [5, 5.41) is 5.12. The van der Waals surface area contributed by atoms with Crippen LogP contribution in [0.4, 0.5) is 14.6 Å². The van der Waals surface area contributed by atoms with E-state index < -0.39 is 0 Å². The molecule has 0 aliphatic heterocycles. The van der Waals surface area contributed by atoms with Gasteiger partial charge < -0.3 is 5.32 Å². The van der Waals surface area contributed by atoms with Gasteiger partial charge in [0.05, 0.1) is 11.0 Å². The number of fused-ring (bicyclic) bond motifs is 2. The van der Waals surface area contributed by atoms with Crippen molar-refractivity contribution < 1.29 is 8.78 Å². The quantitative estimate of drug-likeness (QED) is 0.314. The second-order valence-electron chi connectivity index (χ2n) is 9.06. The van der Waals surface area contributed by atoms with Gasteiger partial charge in [-0.25, -0.2) is 18.7 Å². The standard InChI is InChI=1S/C26H25ClF2N4/c1-15(31-25-22-14-19(29)7-9-24(22)32-26(27)33-25)12-16-2-4-17(5-3-16)20-10-11-30-23-8-6-18(28)13-21(20)23/h6-11,13-17H,2-5,12H2,1H3,(H,31,32,33)/t15-,16-,17-/m1/s1. The van der Waals surface area contributed by atoms with Gasteiger partial charge in [-0.3, -0.25) is 4.98 Å². The topological polar surface area (TPSA) is 50.7 Å². The van der Waals surface area contributed by atoms with Gasteiger partial charge in [-0.1, -0.05) is 0 Å². The molecule has 5 rings (SSSR count). The van der Waals surface area contributed by atoms with E-state index in [1.54, 1.807) is 18.2 Å². The summed E-state index contributed by atoms with van der Waals surface area (Å²) in [6.45, 7) is 2.12. The zero-order valence-electron chi connectivity index (χ0n) is 18.4. The molecule has 0 unspecified atom stereocenters. The number of rotatable bonds is 5. The predicted molar refractivity (Wildman–Crippen MR) is 129 cm³/mol. The largest absolute Gasteiger partial charge is 0.367 e. The molecule has 4 nitrogen and oxygen atoms in total. The first-order chi connectivity index (χ1) is 16.0. The fourth-order valence-corrected chi connectivity index (χ4v) is 5.36. The zero-order chi connectivity index (χ0) is 22.9. The third-order valence-corrected chi connectivity index (χ3v) is 6.89. The van der Waals surface area contributed by atoms with Crippen LogP contribution in [0.1, 0.15) is 50.5 Å². The lowest BCUT2D eigenvalue weighted by Gasteiger charge is -2.31. The molecule has 1 N–H and O–H groups in total. The Morgan fingerprint density at radius 2 is 1.64 bits per heavy atom. The molecular formula is C26H25ClF2N4. The van der Waals surface area contributed by atoms with Crippen molar-refractivity contribution in [2.75, 3.05) is 5.32 Å². The summed E-state index contributed by atoms with van der Waals surface area (Å²) in [4.78, 5) is 12.9. The Morgan fingerprint density at radius 1 is 0.939 bits per heavy atom. The van der Waals surface area contributed by atoms with E-state index in [9.17, 15) is 8.78 Å². The van der Waals surface area contributed by atoms with E-state index in [0.29, 0.717) is 28.6 Å². The Morgan fingerprint density at radius 3 is 2.39 bits per heavy atom. The van der Waals surface area contributed by atoms with Crippen LogP contribution in [-0.2, 0) is 0 Å². The lowest BCUT2D eigenvalue weighted by molar-refractivity contribution is 0.302. The first-order valence-corrected chi connectivity index (χ1v) is 11.8. The number of nitrogens with one attached hydrogen (secondary N) is 1. The summed E-state index contributed by atoms with van der Waals surface area (Å²) < 4.78 is 27.6. The SMILES string of the molecule is C[C@H](C[C@H]1CC[C@H](c2ccnc3ccc(F)cc32)CC1)Nc1nc(Cl)nc2ccc(F)cc12. The van der Waals surface area contributed by atoms with Crippen molar-refractivity contribution in [2.24, 2.45) is 5.92 Å². The van der Waals surface area contributed by atoms with Crippen molar-refractivity contribution in [2.45, 2.75) is 51.0 Å². The zero-order valence-corrected chi connectivity index (χ0v) is 19.1. The van der Waals surface area contributed by atoms with Crippen LogP contribution >= 0.6 is 11.6 Å². The van der Waals surface area contributed by atoms with Crippen LogP contribution in [0, 0.1) is 17.6 Å². The van der Waals surface area contributed by atoms with Crippen molar-refractivity contribution in [3.05, 3.63) is 71.1 Å². The molecular weight excluding hydrogens is 442 g/mol. The van der Waals surface area contributed by atoms with Gasteiger partial charge in [-0.15, -0.1) is 0 Å². The molecule has 1 fully saturated rings. The summed E-state index contributed by atoms with van der Waals surface area (Å²) in [5.41, 5.74) is 2.67. The van der Waals surface area contributed by atoms with Gasteiger partial charge in [0.25, 0.3) is 0 Å². The number of anilines is 1. The second kappa shape index (κ2) is 9.18. The van der Waals surface area contributed by atoms with E-state index in [1.165, 1.54) is 23.8 Å². The number of halogens is 3. The number of pyridine rings is 1. The summed E-state index contributed by atoms with van der Waals surface area (Å²) in [7, 11) is 0. The molecule has 1 aliphatic rings. The monoisotopic (exact) mass is 466 g/mol. The minimum absolute atomic E-state index is 0.144. The maximum atomic E-state index is 13.8. The minimum Gasteiger partial charge on any atom is -0.367 e. The molecule has 0 amide bonds. The maximum absolute atomic E-state index is 13.8. The molecule has 0 bridgehead atoms. The van der Waals surface area contributed by atoms with Gasteiger partial charge in [0.2, 0.25) is 5.28 Å². The normalized spacial score (nSPS) is 19.6. The minimum atomic E-state index is -0.328. The number of hydrogen-bond donors (Lipinski definition) is 1. The lowest BCUT2D eigenvalue weighted by Crippen LogP contribution is -2.23. The molecule has 33 heavy (non-hydrogen) atoms. The number of aromatic nitrogens is 3. The van der Waals surface area contributed by atoms with Gasteiger partial charge in [0, 0.05) is 23.0 Å². The fraction of sp³-hybridized carbons (Fsp3) is 0.346. The molecule has 2 heterocycles. The number of hydrogen-bond acceptors (Lipinski definition) is 4. The van der Waals surface area contributed by atoms with Gasteiger partial charge in [-0.2, -0.15) is 0 Å². The average Bonchev–Trinajstić information content (AvgIpc) is 2.79. The second-order valence-corrected chi connectivity index (χ2v) is 9.40. The summed E-state index contributed by atoms with van der Waals surface area (Å²) in [6, 6.07) is 11.4. The Kier molecular flexibility index (Phi) is 6.11. The van der Waals surface area contributed by atoms with Crippen molar-refractivity contribution in [3.63, 3.8) is 0 Å². The third kappa shape index (κ3) is 4.76. The van der Waals surface area contributed by atoms with Crippen molar-refractivity contribution in [3.8, 4) is 0 Å². The number of nitrogens with zero attached hydrogens (tertiary/aromatic N) is 3. The highest BCUT2D eigenvalue weighted by atomic mass is 35.5. The molecule has 170 valence electrons. The van der Waals surface area contributed by atoms with Crippen LogP contribution in [0.3, 0.4) is 0 Å². The Labute approximate surface area is 196 Å². The first kappa shape index (κ1) is 22.0. The van der Waals surface area contributed by atoms with Gasteiger partial charge >= 0.3 is 0 Å². The van der Waals surface area contributed by atoms with Crippen LogP contribution in [0.5, 0.6) is 0 Å². The highest BCUT2D eigenvalue weighted by molar-refractivity contribution is 6.28. The fourth-order valence-electron chi connectivity index (χ4n) is 5.18. The average molecular weight is 467 g/mol. The van der Waals surface area contributed by atoms with E-state index in [4.69, 9.17) is 11.6 Å². The number of benzene rings is 2. The molecule has 7 heteroatoms. The van der Waals surface area contributed by atoms with Crippen molar-refractivity contribution in [1.29, 1.82) is 0 Å². The molecule has 1 atom stereocenters. The molecule has 2 aromatic heterocycles. The van der Waals surface area contributed by atoms with Gasteiger partial charge in [0.15, 0.2) is 0 Å². The van der Waals surface area contributed by atoms with Crippen LogP contribution in [0.2, 0.25) is 5.28 Å². The maximum Gasteiger partial charge on any atom is 0.224 e. The lowest BCUT2D eigenvalue weighted by atomic mass is 9.76. The van der Waals surface area contributed by atoms with E-state index in [-0.39, 0.29) is 23.0 Å². The molecule has 0 radical (unpaired) electrons. The molecule has 0 saturated heterocycles. The predicted octanol–water partition coefficient (Wildman–Crippen LogP) is 7.27. The van der Waals surface area contributed by atoms with Crippen LogP contribution in [0.25, 0.3) is 21.8 Å². The third-order valence-electron chi connectivity index (χ3n) is 6.72. The summed E-state index contributed by atoms with van der Waals surface area (Å²) in [5.74, 6) is 1.02. The highest BCUT2D eigenvalue weighted by Gasteiger charge is 2.25. The molecule has 2 aromatic carbocycles. The van der Waals surface area contributed by atoms with E-state index in [0.717, 1.165) is 43.0 Å². The molecule has 4 aromatic rings. The summed E-state index contributed by atoms with van der Waals surface area (Å²) >= 11 is 6.08. The first-order valence-electron chi connectivity index (χ1n) is 11.4. The van der Waals surface area contributed by atoms with E-state index in [2.05, 4.69) is 27.2 Å². The molecule has 1 aliphatic carbocycles. The Bertz CT molecular complexity index is 1300. The van der Waals surface area contributed by atoms with Crippen LogP contribution in [-0.4, -0.2) is 21.0 Å². The highest BCUT2D eigenvalue weighted by Crippen LogP contribution is 2.40. The van der Waals surface area contributed by atoms with Gasteiger partial charge in [0.1, 0.15) is 17.5 Å². The Balaban J connectivity index is 1.25. The van der Waals surface area contributed by atoms with Crippen LogP contribution in [0.15, 0.2) is 48.7 Å². The molecule has 0 spiro atoms. The van der Waals surface area contributed by atoms with Crippen molar-refractivity contribution in [1.82, 2.24) is 15.0 Å². The van der Waals surface area contributed by atoms with Gasteiger partial charge in [-0.05, 0) is 110 Å². The smallest absolute Gasteiger partial charge is 0.224 e. The van der Waals surface area contributed by atoms with Crippen LogP contribution < -0.4 is 5.32 Å². The van der Waals surface area contributed by atoms with E-state index in [1.807, 2.05) is 12.3 Å². The van der Waals surface area contributed by atoms with Crippen molar-refractivity contribution >= 4 is 39.2 Å². The Hall–Kier alpha value is -2.86. The van der Waals surface area contributed by atoms with E-state index >= 15 is 0 Å².